The number of nitrogens with one attached hydrogen (secondary N) is 1. The van der Waals surface area contributed by atoms with Crippen molar-refractivity contribution in [3.05, 3.63) is 0 Å². The highest BCUT2D eigenvalue weighted by Gasteiger charge is 2.28. The normalized spacial score (nSPS) is 23.5. The Bertz CT molecular complexity index is 336. The van der Waals surface area contributed by atoms with Gasteiger partial charge < -0.3 is 20.1 Å². The van der Waals surface area contributed by atoms with Crippen molar-refractivity contribution in [3.63, 3.8) is 0 Å². The zero-order valence-corrected chi connectivity index (χ0v) is 11.8. The van der Waals surface area contributed by atoms with E-state index in [4.69, 9.17) is 9.84 Å². The predicted molar refractivity (Wildman–Crippen MR) is 73.5 cm³/mol. The molecule has 0 bridgehead atoms. The van der Waals surface area contributed by atoms with Crippen LogP contribution in [0.15, 0.2) is 0 Å². The first kappa shape index (κ1) is 15.1. The van der Waals surface area contributed by atoms with E-state index in [0.717, 1.165) is 45.1 Å². The molecule has 0 aromatic carbocycles. The quantitative estimate of drug-likeness (QED) is 0.801. The predicted octanol–water partition coefficient (Wildman–Crippen LogP) is 1.45. The molecule has 1 saturated heterocycles. The Hall–Kier alpha value is -1.30. The summed E-state index contributed by atoms with van der Waals surface area (Å²) in [6, 6.07) is -0.168. The summed E-state index contributed by atoms with van der Waals surface area (Å²) in [7, 11) is 0. The van der Waals surface area contributed by atoms with Gasteiger partial charge in [0.05, 0.1) is 6.61 Å². The first-order chi connectivity index (χ1) is 9.66. The Morgan fingerprint density at radius 1 is 1.20 bits per heavy atom. The highest BCUT2D eigenvalue weighted by molar-refractivity contribution is 5.80. The van der Waals surface area contributed by atoms with E-state index in [1.54, 1.807) is 0 Å². The second-order valence-corrected chi connectivity index (χ2v) is 5.73. The van der Waals surface area contributed by atoms with Crippen molar-refractivity contribution in [2.45, 2.75) is 44.6 Å². The van der Waals surface area contributed by atoms with Gasteiger partial charge in [-0.05, 0) is 31.6 Å². The third-order valence-electron chi connectivity index (χ3n) is 4.13. The fourth-order valence-corrected chi connectivity index (χ4v) is 3.03. The van der Waals surface area contributed by atoms with Crippen LogP contribution in [0.2, 0.25) is 0 Å². The molecule has 0 radical (unpaired) electrons. The first-order valence-corrected chi connectivity index (χ1v) is 7.51. The fraction of sp³-hybridized carbons (Fsp3) is 0.857. The van der Waals surface area contributed by atoms with Gasteiger partial charge in [-0.15, -0.1) is 0 Å². The van der Waals surface area contributed by atoms with Gasteiger partial charge in [-0.3, -0.25) is 4.79 Å². The Morgan fingerprint density at radius 3 is 2.55 bits per heavy atom. The summed E-state index contributed by atoms with van der Waals surface area (Å²) in [6.07, 6.45) is 6.06. The van der Waals surface area contributed by atoms with E-state index >= 15 is 0 Å². The molecule has 1 atom stereocenters. The minimum absolute atomic E-state index is 0.0775. The third-order valence-corrected chi connectivity index (χ3v) is 4.13. The molecule has 1 aliphatic carbocycles. The number of carboxylic acids is 1. The van der Waals surface area contributed by atoms with Crippen LogP contribution in [0.25, 0.3) is 0 Å². The maximum absolute atomic E-state index is 12.2. The van der Waals surface area contributed by atoms with Gasteiger partial charge in [-0.2, -0.15) is 0 Å². The van der Waals surface area contributed by atoms with Crippen LogP contribution in [-0.4, -0.2) is 54.4 Å². The smallest absolute Gasteiger partial charge is 0.323 e. The summed E-state index contributed by atoms with van der Waals surface area (Å²) < 4.78 is 5.38. The Kier molecular flexibility index (Phi) is 5.64. The van der Waals surface area contributed by atoms with Gasteiger partial charge >= 0.3 is 12.0 Å². The number of urea groups is 1. The number of nitrogens with zero attached hydrogens (tertiary/aromatic N) is 1. The Labute approximate surface area is 119 Å². The van der Waals surface area contributed by atoms with Gasteiger partial charge in [0.25, 0.3) is 0 Å². The Morgan fingerprint density at radius 2 is 1.95 bits per heavy atom. The van der Waals surface area contributed by atoms with Crippen LogP contribution in [0.4, 0.5) is 4.79 Å². The average Bonchev–Trinajstić information content (AvgIpc) is 2.97. The number of hydrogen-bond acceptors (Lipinski definition) is 3. The second kappa shape index (κ2) is 7.47. The highest BCUT2D eigenvalue weighted by atomic mass is 16.5. The summed E-state index contributed by atoms with van der Waals surface area (Å²) in [4.78, 5) is 24.6. The van der Waals surface area contributed by atoms with Gasteiger partial charge in [0.2, 0.25) is 0 Å². The summed E-state index contributed by atoms with van der Waals surface area (Å²) in [5, 5.41) is 11.8. The van der Waals surface area contributed by atoms with Crippen molar-refractivity contribution in [2.24, 2.45) is 5.92 Å². The molecule has 2 aliphatic rings. The number of carbonyl (C=O) groups is 2. The molecule has 1 unspecified atom stereocenters. The highest BCUT2D eigenvalue weighted by Crippen LogP contribution is 2.23. The molecule has 2 fully saturated rings. The van der Waals surface area contributed by atoms with E-state index in [1.807, 2.05) is 0 Å². The van der Waals surface area contributed by atoms with Crippen LogP contribution in [0, 0.1) is 5.92 Å². The number of carboxylic acid groups (broad SMARTS) is 1. The van der Waals surface area contributed by atoms with Gasteiger partial charge in [0.15, 0.2) is 0 Å². The van der Waals surface area contributed by atoms with Crippen molar-refractivity contribution in [1.29, 1.82) is 0 Å². The van der Waals surface area contributed by atoms with Crippen molar-refractivity contribution in [3.8, 4) is 0 Å². The van der Waals surface area contributed by atoms with E-state index in [-0.39, 0.29) is 18.6 Å². The van der Waals surface area contributed by atoms with Crippen molar-refractivity contribution in [1.82, 2.24) is 10.2 Å². The largest absolute Gasteiger partial charge is 0.480 e. The van der Waals surface area contributed by atoms with Crippen LogP contribution >= 0.6 is 0 Å². The molecule has 2 rings (SSSR count). The molecule has 2 N–H and O–H groups in total. The van der Waals surface area contributed by atoms with E-state index in [1.165, 1.54) is 4.90 Å². The standard InChI is InChI=1S/C14H24N2O4/c17-13(18)9-16(12-5-1-2-6-12)14(19)15-8-11-4-3-7-20-10-11/h11-12H,1-10H2,(H,15,19)(H,17,18). The van der Waals surface area contributed by atoms with Gasteiger partial charge in [0.1, 0.15) is 6.54 Å². The molecule has 0 aromatic heterocycles. The molecule has 6 heteroatoms. The molecular weight excluding hydrogens is 260 g/mol. The van der Waals surface area contributed by atoms with Crippen LogP contribution in [-0.2, 0) is 9.53 Å². The zero-order chi connectivity index (χ0) is 14.4. The molecule has 20 heavy (non-hydrogen) atoms. The SMILES string of the molecule is O=C(O)CN(C(=O)NCC1CCCOC1)C1CCCC1. The number of hydrogen-bond donors (Lipinski definition) is 2. The topological polar surface area (TPSA) is 78.9 Å². The van der Waals surface area contributed by atoms with Crippen molar-refractivity contribution in [2.75, 3.05) is 26.3 Å². The molecule has 0 spiro atoms. The van der Waals surface area contributed by atoms with E-state index < -0.39 is 5.97 Å². The second-order valence-electron chi connectivity index (χ2n) is 5.73. The number of aliphatic carboxylic acids is 1. The monoisotopic (exact) mass is 284 g/mol. The minimum Gasteiger partial charge on any atom is -0.480 e. The van der Waals surface area contributed by atoms with Crippen LogP contribution < -0.4 is 5.32 Å². The molecule has 2 amide bonds. The van der Waals surface area contributed by atoms with Crippen molar-refractivity contribution >= 4 is 12.0 Å². The molecule has 6 nitrogen and oxygen atoms in total. The number of rotatable bonds is 5. The van der Waals surface area contributed by atoms with Gasteiger partial charge in [-0.25, -0.2) is 4.79 Å². The zero-order valence-electron chi connectivity index (χ0n) is 11.8. The lowest BCUT2D eigenvalue weighted by Crippen LogP contribution is -2.49. The van der Waals surface area contributed by atoms with Crippen molar-refractivity contribution < 1.29 is 19.4 Å². The van der Waals surface area contributed by atoms with E-state index in [2.05, 4.69) is 5.32 Å². The van der Waals surface area contributed by atoms with Gasteiger partial charge in [0, 0.05) is 19.2 Å². The third kappa shape index (κ3) is 4.37. The summed E-state index contributed by atoms with van der Waals surface area (Å²) in [5.41, 5.74) is 0. The molecule has 1 aliphatic heterocycles. The maximum Gasteiger partial charge on any atom is 0.323 e. The molecule has 1 heterocycles. The minimum atomic E-state index is -0.951. The molecular formula is C14H24N2O4. The molecule has 1 saturated carbocycles. The molecule has 0 aromatic rings. The van der Waals surface area contributed by atoms with E-state index in [0.29, 0.717) is 19.1 Å². The lowest BCUT2D eigenvalue weighted by atomic mass is 10.0. The fourth-order valence-electron chi connectivity index (χ4n) is 3.03. The molecule has 114 valence electrons. The number of carbonyl (C=O) groups excluding carboxylic acids is 1. The average molecular weight is 284 g/mol. The lowest BCUT2D eigenvalue weighted by molar-refractivity contribution is -0.138. The number of amides is 2. The maximum atomic E-state index is 12.2. The number of ether oxygens (including phenoxy) is 1. The summed E-state index contributed by atoms with van der Waals surface area (Å²) in [5.74, 6) is -0.601. The van der Waals surface area contributed by atoms with Crippen LogP contribution in [0.3, 0.4) is 0 Å². The summed E-state index contributed by atoms with van der Waals surface area (Å²) >= 11 is 0. The Balaban J connectivity index is 1.83. The van der Waals surface area contributed by atoms with Crippen LogP contribution in [0.1, 0.15) is 38.5 Å². The lowest BCUT2D eigenvalue weighted by Gasteiger charge is -2.29. The van der Waals surface area contributed by atoms with E-state index in [9.17, 15) is 9.59 Å². The summed E-state index contributed by atoms with van der Waals surface area (Å²) in [6.45, 7) is 1.85. The van der Waals surface area contributed by atoms with Crippen LogP contribution in [0.5, 0.6) is 0 Å². The first-order valence-electron chi connectivity index (χ1n) is 7.51. The van der Waals surface area contributed by atoms with Gasteiger partial charge in [-0.1, -0.05) is 12.8 Å².